The number of anilines is 1. The standard InChI is InChI=1S/C22H24N6O2/c1-3-15-6-5-7-16(8-15)17-9-18(22(25-10-17)19(29)4-2)28-21(30)12-23-11-20-26-13-24-14-27-20/h5-10,13-14,23H,3-4,11-12H2,1-2H3,(H,28,30). The molecule has 154 valence electrons. The van der Waals surface area contributed by atoms with Crippen molar-refractivity contribution in [3.05, 3.63) is 66.3 Å². The lowest BCUT2D eigenvalue weighted by atomic mass is 10.0. The Hall–Kier alpha value is -3.52. The second-order valence-corrected chi connectivity index (χ2v) is 6.66. The van der Waals surface area contributed by atoms with Crippen molar-refractivity contribution in [3.63, 3.8) is 0 Å². The number of hydrogen-bond donors (Lipinski definition) is 2. The molecule has 0 saturated carbocycles. The number of ketones is 1. The Morgan fingerprint density at radius 1 is 1.00 bits per heavy atom. The first-order chi connectivity index (χ1) is 14.6. The van der Waals surface area contributed by atoms with Gasteiger partial charge >= 0.3 is 0 Å². The minimum Gasteiger partial charge on any atom is -0.323 e. The van der Waals surface area contributed by atoms with Gasteiger partial charge < -0.3 is 10.6 Å². The van der Waals surface area contributed by atoms with Crippen molar-refractivity contribution in [2.45, 2.75) is 33.2 Å². The summed E-state index contributed by atoms with van der Waals surface area (Å²) in [4.78, 5) is 40.9. The highest BCUT2D eigenvalue weighted by molar-refractivity contribution is 6.04. The highest BCUT2D eigenvalue weighted by Gasteiger charge is 2.15. The zero-order valence-electron chi connectivity index (χ0n) is 17.1. The van der Waals surface area contributed by atoms with Crippen molar-refractivity contribution >= 4 is 17.4 Å². The Labute approximate surface area is 175 Å². The summed E-state index contributed by atoms with van der Waals surface area (Å²) in [5.74, 6) is 0.131. The van der Waals surface area contributed by atoms with Crippen molar-refractivity contribution in [2.75, 3.05) is 11.9 Å². The van der Waals surface area contributed by atoms with Crippen molar-refractivity contribution in [1.29, 1.82) is 0 Å². The number of nitrogens with one attached hydrogen (secondary N) is 2. The molecule has 0 aliphatic carbocycles. The molecule has 0 fully saturated rings. The van der Waals surface area contributed by atoms with E-state index in [-0.39, 0.29) is 23.9 Å². The van der Waals surface area contributed by atoms with Gasteiger partial charge in [-0.3, -0.25) is 14.6 Å². The van der Waals surface area contributed by atoms with Crippen LogP contribution in [0.1, 0.15) is 42.1 Å². The summed E-state index contributed by atoms with van der Waals surface area (Å²) in [6, 6.07) is 9.92. The molecule has 8 nitrogen and oxygen atoms in total. The van der Waals surface area contributed by atoms with Crippen molar-refractivity contribution < 1.29 is 9.59 Å². The highest BCUT2D eigenvalue weighted by Crippen LogP contribution is 2.25. The maximum absolute atomic E-state index is 12.4. The van der Waals surface area contributed by atoms with Crippen LogP contribution < -0.4 is 10.6 Å². The summed E-state index contributed by atoms with van der Waals surface area (Å²) in [6.07, 6.45) is 5.70. The van der Waals surface area contributed by atoms with Crippen molar-refractivity contribution in [3.8, 4) is 11.1 Å². The second-order valence-electron chi connectivity index (χ2n) is 6.66. The van der Waals surface area contributed by atoms with E-state index in [1.54, 1.807) is 19.2 Å². The molecule has 8 heteroatoms. The van der Waals surface area contributed by atoms with Crippen molar-refractivity contribution in [2.24, 2.45) is 0 Å². The van der Waals surface area contributed by atoms with Crippen LogP contribution in [0.2, 0.25) is 0 Å². The molecule has 0 atom stereocenters. The van der Waals surface area contributed by atoms with Gasteiger partial charge in [-0.25, -0.2) is 15.0 Å². The molecule has 0 saturated heterocycles. The minimum atomic E-state index is -0.282. The number of nitrogens with zero attached hydrogens (tertiary/aromatic N) is 4. The molecule has 0 bridgehead atoms. The first-order valence-corrected chi connectivity index (χ1v) is 9.84. The number of carbonyl (C=O) groups excluding carboxylic acids is 2. The SMILES string of the molecule is CCC(=O)c1ncc(-c2cccc(CC)c2)cc1NC(=O)CNCc1ncncn1. The fourth-order valence-corrected chi connectivity index (χ4v) is 2.91. The van der Waals surface area contributed by atoms with Gasteiger partial charge in [-0.2, -0.15) is 0 Å². The smallest absolute Gasteiger partial charge is 0.238 e. The lowest BCUT2D eigenvalue weighted by Crippen LogP contribution is -2.29. The lowest BCUT2D eigenvalue weighted by Gasteiger charge is -2.12. The fourth-order valence-electron chi connectivity index (χ4n) is 2.91. The van der Waals surface area contributed by atoms with E-state index < -0.39 is 0 Å². The number of benzene rings is 1. The van der Waals surface area contributed by atoms with Gasteiger partial charge in [0.15, 0.2) is 5.78 Å². The van der Waals surface area contributed by atoms with Crippen LogP contribution in [-0.2, 0) is 17.8 Å². The number of Topliss-reactive ketones (excluding diaryl/α,β-unsaturated/α-hetero) is 1. The van der Waals surface area contributed by atoms with Crippen LogP contribution in [0.25, 0.3) is 11.1 Å². The van der Waals surface area contributed by atoms with E-state index in [2.05, 4.69) is 49.6 Å². The first-order valence-electron chi connectivity index (χ1n) is 9.84. The lowest BCUT2D eigenvalue weighted by molar-refractivity contribution is -0.115. The molecule has 1 aromatic carbocycles. The summed E-state index contributed by atoms with van der Waals surface area (Å²) in [6.45, 7) is 4.24. The molecule has 30 heavy (non-hydrogen) atoms. The normalized spacial score (nSPS) is 10.6. The molecule has 0 aliphatic heterocycles. The van der Waals surface area contributed by atoms with Crippen LogP contribution >= 0.6 is 0 Å². The monoisotopic (exact) mass is 404 g/mol. The zero-order valence-corrected chi connectivity index (χ0v) is 17.1. The van der Waals surface area contributed by atoms with E-state index in [0.717, 1.165) is 17.5 Å². The predicted octanol–water partition coefficient (Wildman–Crippen LogP) is 2.82. The molecular weight excluding hydrogens is 380 g/mol. The minimum absolute atomic E-state index is 0.0426. The van der Waals surface area contributed by atoms with E-state index >= 15 is 0 Å². The van der Waals surface area contributed by atoms with Crippen LogP contribution in [0.15, 0.2) is 49.2 Å². The van der Waals surface area contributed by atoms with Crippen LogP contribution in [0, 0.1) is 0 Å². The van der Waals surface area contributed by atoms with E-state index in [4.69, 9.17) is 0 Å². The summed E-state index contributed by atoms with van der Waals surface area (Å²) in [5.41, 5.74) is 3.70. The Morgan fingerprint density at radius 2 is 1.80 bits per heavy atom. The van der Waals surface area contributed by atoms with Crippen LogP contribution in [0.3, 0.4) is 0 Å². The molecule has 0 radical (unpaired) electrons. The van der Waals surface area contributed by atoms with Crippen LogP contribution in [-0.4, -0.2) is 38.2 Å². The number of aryl methyl sites for hydroxylation is 1. The number of carbonyl (C=O) groups is 2. The van der Waals surface area contributed by atoms with E-state index in [1.165, 1.54) is 18.2 Å². The summed E-state index contributed by atoms with van der Waals surface area (Å²) < 4.78 is 0. The van der Waals surface area contributed by atoms with Crippen molar-refractivity contribution in [1.82, 2.24) is 25.3 Å². The Bertz CT molecular complexity index is 1020. The maximum atomic E-state index is 12.4. The molecular formula is C22H24N6O2. The molecule has 1 amide bonds. The number of pyridine rings is 1. The third-order valence-electron chi connectivity index (χ3n) is 4.53. The molecule has 2 aromatic heterocycles. The van der Waals surface area contributed by atoms with Gasteiger partial charge in [0.25, 0.3) is 0 Å². The Balaban J connectivity index is 1.76. The van der Waals surface area contributed by atoms with Gasteiger partial charge in [0.1, 0.15) is 24.2 Å². The third-order valence-corrected chi connectivity index (χ3v) is 4.53. The summed E-state index contributed by atoms with van der Waals surface area (Å²) >= 11 is 0. The average molecular weight is 404 g/mol. The number of aromatic nitrogens is 4. The van der Waals surface area contributed by atoms with Gasteiger partial charge in [-0.1, -0.05) is 38.1 Å². The average Bonchev–Trinajstić information content (AvgIpc) is 2.79. The number of rotatable bonds is 9. The molecule has 2 heterocycles. The van der Waals surface area contributed by atoms with Crippen LogP contribution in [0.5, 0.6) is 0 Å². The fraction of sp³-hybridized carbons (Fsp3) is 0.273. The zero-order chi connectivity index (χ0) is 21.3. The molecule has 3 rings (SSSR count). The number of amides is 1. The quantitative estimate of drug-likeness (QED) is 0.528. The van der Waals surface area contributed by atoms with E-state index in [9.17, 15) is 9.59 Å². The maximum Gasteiger partial charge on any atom is 0.238 e. The predicted molar refractivity (Wildman–Crippen MR) is 114 cm³/mol. The van der Waals surface area contributed by atoms with E-state index in [0.29, 0.717) is 24.5 Å². The second kappa shape index (κ2) is 10.3. The first kappa shape index (κ1) is 21.2. The topological polar surface area (TPSA) is 110 Å². The Kier molecular flexibility index (Phi) is 7.29. The van der Waals surface area contributed by atoms with Gasteiger partial charge in [0.2, 0.25) is 5.91 Å². The van der Waals surface area contributed by atoms with E-state index in [1.807, 2.05) is 12.1 Å². The largest absolute Gasteiger partial charge is 0.323 e. The van der Waals surface area contributed by atoms with Gasteiger partial charge in [0, 0.05) is 18.2 Å². The van der Waals surface area contributed by atoms with Crippen LogP contribution in [0.4, 0.5) is 5.69 Å². The summed E-state index contributed by atoms with van der Waals surface area (Å²) in [7, 11) is 0. The van der Waals surface area contributed by atoms with Gasteiger partial charge in [-0.15, -0.1) is 0 Å². The molecule has 0 unspecified atom stereocenters. The van der Waals surface area contributed by atoms with Gasteiger partial charge in [0.05, 0.1) is 18.8 Å². The Morgan fingerprint density at radius 3 is 2.53 bits per heavy atom. The number of hydrogen-bond acceptors (Lipinski definition) is 7. The molecule has 0 aliphatic rings. The molecule has 0 spiro atoms. The third kappa shape index (κ3) is 5.51. The molecule has 3 aromatic rings. The highest BCUT2D eigenvalue weighted by atomic mass is 16.2. The molecule has 2 N–H and O–H groups in total. The van der Waals surface area contributed by atoms with Gasteiger partial charge in [-0.05, 0) is 23.6 Å². The summed E-state index contributed by atoms with van der Waals surface area (Å²) in [5, 5.41) is 5.79.